The molecule has 0 N–H and O–H groups in total. The quantitative estimate of drug-likeness (QED) is 0.741. The third-order valence-electron chi connectivity index (χ3n) is 4.26. The number of ketones is 2. The van der Waals surface area contributed by atoms with Crippen molar-refractivity contribution in [2.24, 2.45) is 0 Å². The third-order valence-corrected chi connectivity index (χ3v) is 4.26. The number of Topliss-reactive ketones (excluding diaryl/α,β-unsaturated/α-hetero) is 2. The molecule has 2 aromatic rings. The zero-order chi connectivity index (χ0) is 14.8. The molecule has 0 amide bonds. The first-order valence-electron chi connectivity index (χ1n) is 7.34. The lowest BCUT2D eigenvalue weighted by molar-refractivity contribution is -0.119. The van der Waals surface area contributed by atoms with E-state index in [1.165, 1.54) is 22.3 Å². The number of hydrogen-bond donors (Lipinski definition) is 0. The molecule has 0 bridgehead atoms. The van der Waals surface area contributed by atoms with Crippen LogP contribution in [-0.2, 0) is 28.9 Å². The van der Waals surface area contributed by atoms with Crippen molar-refractivity contribution in [1.29, 1.82) is 0 Å². The maximum absolute atomic E-state index is 11.2. The predicted octanol–water partition coefficient (Wildman–Crippen LogP) is 3.27. The van der Waals surface area contributed by atoms with Gasteiger partial charge in [-0.25, -0.2) is 0 Å². The van der Waals surface area contributed by atoms with Gasteiger partial charge in [-0.15, -0.1) is 0 Å². The Morgan fingerprint density at radius 2 is 1.29 bits per heavy atom. The van der Waals surface area contributed by atoms with Gasteiger partial charge in [0.25, 0.3) is 0 Å². The molecule has 0 saturated carbocycles. The van der Waals surface area contributed by atoms with E-state index in [-0.39, 0.29) is 5.92 Å². The highest BCUT2D eigenvalue weighted by Gasteiger charge is 2.25. The zero-order valence-corrected chi connectivity index (χ0v) is 12.1. The SMILES string of the molecule is CC1C(=O)Cc2ccccc21.O=C1Cc2ccccc2C1. The molecule has 2 aromatic carbocycles. The van der Waals surface area contributed by atoms with Crippen LogP contribution in [0.25, 0.3) is 0 Å². The summed E-state index contributed by atoms with van der Waals surface area (Å²) in [6.07, 6.45) is 1.93. The van der Waals surface area contributed by atoms with Crippen LogP contribution < -0.4 is 0 Å². The monoisotopic (exact) mass is 278 g/mol. The Labute approximate surface area is 124 Å². The summed E-state index contributed by atoms with van der Waals surface area (Å²) in [5.41, 5.74) is 4.86. The third kappa shape index (κ3) is 2.80. The van der Waals surface area contributed by atoms with Crippen molar-refractivity contribution in [2.45, 2.75) is 32.1 Å². The van der Waals surface area contributed by atoms with E-state index in [9.17, 15) is 9.59 Å². The molecule has 0 spiro atoms. The van der Waals surface area contributed by atoms with Gasteiger partial charge < -0.3 is 0 Å². The van der Waals surface area contributed by atoms with E-state index in [2.05, 4.69) is 0 Å². The highest BCUT2D eigenvalue weighted by molar-refractivity contribution is 5.92. The minimum atomic E-state index is 0.131. The molecule has 0 aromatic heterocycles. The average molecular weight is 278 g/mol. The van der Waals surface area contributed by atoms with Gasteiger partial charge in [-0.3, -0.25) is 9.59 Å². The lowest BCUT2D eigenvalue weighted by atomic mass is 10.0. The molecule has 0 radical (unpaired) electrons. The van der Waals surface area contributed by atoms with Crippen molar-refractivity contribution in [1.82, 2.24) is 0 Å². The van der Waals surface area contributed by atoms with Gasteiger partial charge in [0.1, 0.15) is 11.6 Å². The van der Waals surface area contributed by atoms with E-state index >= 15 is 0 Å². The van der Waals surface area contributed by atoms with Crippen molar-refractivity contribution in [3.8, 4) is 0 Å². The first-order valence-corrected chi connectivity index (χ1v) is 7.34. The summed E-state index contributed by atoms with van der Waals surface area (Å²) >= 11 is 0. The van der Waals surface area contributed by atoms with Crippen LogP contribution in [0.2, 0.25) is 0 Å². The Hall–Kier alpha value is -2.22. The largest absolute Gasteiger partial charge is 0.299 e. The fourth-order valence-corrected chi connectivity index (χ4v) is 3.02. The van der Waals surface area contributed by atoms with Crippen LogP contribution in [0.4, 0.5) is 0 Å². The van der Waals surface area contributed by atoms with Gasteiger partial charge >= 0.3 is 0 Å². The van der Waals surface area contributed by atoms with E-state index in [1.54, 1.807) is 0 Å². The van der Waals surface area contributed by atoms with Crippen LogP contribution in [0, 0.1) is 0 Å². The minimum Gasteiger partial charge on any atom is -0.299 e. The molecule has 21 heavy (non-hydrogen) atoms. The molecule has 0 fully saturated rings. The predicted molar refractivity (Wildman–Crippen MR) is 82.4 cm³/mol. The average Bonchev–Trinajstić information content (AvgIpc) is 3.00. The fourth-order valence-electron chi connectivity index (χ4n) is 3.02. The van der Waals surface area contributed by atoms with E-state index < -0.39 is 0 Å². The fraction of sp³-hybridized carbons (Fsp3) is 0.263. The number of fused-ring (bicyclic) bond motifs is 2. The number of benzene rings is 2. The van der Waals surface area contributed by atoms with Crippen LogP contribution in [-0.4, -0.2) is 11.6 Å². The van der Waals surface area contributed by atoms with E-state index in [4.69, 9.17) is 0 Å². The molecular formula is C19H18O2. The molecule has 0 saturated heterocycles. The Balaban J connectivity index is 0.000000126. The van der Waals surface area contributed by atoms with Crippen molar-refractivity contribution in [3.63, 3.8) is 0 Å². The maximum atomic E-state index is 11.2. The molecule has 0 heterocycles. The molecule has 0 aliphatic heterocycles. The Bertz CT molecular complexity index is 673. The summed E-state index contributed by atoms with van der Waals surface area (Å²) in [5.74, 6) is 0.832. The van der Waals surface area contributed by atoms with Gasteiger partial charge in [0.05, 0.1) is 0 Å². The van der Waals surface area contributed by atoms with Crippen LogP contribution in [0.15, 0.2) is 48.5 Å². The Kier molecular flexibility index (Phi) is 3.70. The second kappa shape index (κ2) is 5.65. The van der Waals surface area contributed by atoms with E-state index in [0.717, 1.165) is 0 Å². The maximum Gasteiger partial charge on any atom is 0.144 e. The van der Waals surface area contributed by atoms with Crippen molar-refractivity contribution >= 4 is 11.6 Å². The minimum absolute atomic E-state index is 0.131. The van der Waals surface area contributed by atoms with E-state index in [1.807, 2.05) is 55.5 Å². The number of rotatable bonds is 0. The summed E-state index contributed by atoms with van der Waals surface area (Å²) in [5, 5.41) is 0. The summed E-state index contributed by atoms with van der Waals surface area (Å²) in [6, 6.07) is 16.1. The normalized spacial score (nSPS) is 18.8. The molecular weight excluding hydrogens is 260 g/mol. The van der Waals surface area contributed by atoms with Crippen LogP contribution in [0.1, 0.15) is 35.1 Å². The van der Waals surface area contributed by atoms with Gasteiger partial charge in [0.15, 0.2) is 0 Å². The number of carbonyl (C=O) groups excluding carboxylic acids is 2. The van der Waals surface area contributed by atoms with Crippen molar-refractivity contribution in [2.75, 3.05) is 0 Å². The first kappa shape index (κ1) is 13.7. The van der Waals surface area contributed by atoms with Gasteiger partial charge in [-0.1, -0.05) is 55.5 Å². The molecule has 1 atom stereocenters. The standard InChI is InChI=1S/C10H10O.C9H8O/c1-7-9-5-3-2-4-8(9)6-10(7)11;10-9-5-7-3-1-2-4-8(7)6-9/h2-5,7H,6H2,1H3;1-4H,5-6H2. The van der Waals surface area contributed by atoms with Crippen molar-refractivity contribution < 1.29 is 9.59 Å². The smallest absolute Gasteiger partial charge is 0.144 e. The summed E-state index contributed by atoms with van der Waals surface area (Å²) < 4.78 is 0. The Morgan fingerprint density at radius 1 is 0.762 bits per heavy atom. The van der Waals surface area contributed by atoms with Gasteiger partial charge in [-0.2, -0.15) is 0 Å². The highest BCUT2D eigenvalue weighted by Crippen LogP contribution is 2.28. The highest BCUT2D eigenvalue weighted by atomic mass is 16.1. The van der Waals surface area contributed by atoms with Crippen LogP contribution >= 0.6 is 0 Å². The number of hydrogen-bond acceptors (Lipinski definition) is 2. The molecule has 2 nitrogen and oxygen atoms in total. The lowest BCUT2D eigenvalue weighted by Gasteiger charge is -2.00. The Morgan fingerprint density at radius 3 is 1.86 bits per heavy atom. The van der Waals surface area contributed by atoms with Crippen molar-refractivity contribution in [3.05, 3.63) is 70.8 Å². The molecule has 4 rings (SSSR count). The molecule has 2 heteroatoms. The topological polar surface area (TPSA) is 34.1 Å². The van der Waals surface area contributed by atoms with Crippen LogP contribution in [0.3, 0.4) is 0 Å². The lowest BCUT2D eigenvalue weighted by Crippen LogP contribution is -2.00. The van der Waals surface area contributed by atoms with E-state index in [0.29, 0.717) is 30.8 Å². The summed E-state index contributed by atoms with van der Waals surface area (Å²) in [4.78, 5) is 22.1. The van der Waals surface area contributed by atoms with Gasteiger partial charge in [-0.05, 0) is 22.3 Å². The molecule has 2 aliphatic carbocycles. The molecule has 106 valence electrons. The zero-order valence-electron chi connectivity index (χ0n) is 12.1. The first-order chi connectivity index (χ1) is 10.1. The summed E-state index contributed by atoms with van der Waals surface area (Å²) in [7, 11) is 0. The van der Waals surface area contributed by atoms with Gasteiger partial charge in [0, 0.05) is 25.2 Å². The number of carbonyl (C=O) groups is 2. The molecule has 2 aliphatic rings. The molecule has 1 unspecified atom stereocenters. The second-order valence-corrected chi connectivity index (χ2v) is 5.72. The van der Waals surface area contributed by atoms with Crippen LogP contribution in [0.5, 0.6) is 0 Å². The van der Waals surface area contributed by atoms with Gasteiger partial charge in [0.2, 0.25) is 0 Å². The second-order valence-electron chi connectivity index (χ2n) is 5.72. The summed E-state index contributed by atoms with van der Waals surface area (Å²) in [6.45, 7) is 1.98.